The molecule has 0 aliphatic heterocycles. The fourth-order valence-corrected chi connectivity index (χ4v) is 4.42. The molecule has 1 aliphatic rings. The summed E-state index contributed by atoms with van der Waals surface area (Å²) in [7, 11) is -4.25. The molecule has 1 N–H and O–H groups in total. The topological polar surface area (TPSA) is 125 Å². The molecule has 2 aromatic rings. The molecule has 32 heavy (non-hydrogen) atoms. The van der Waals surface area contributed by atoms with Crippen LogP contribution in [0.5, 0.6) is 5.75 Å². The zero-order chi connectivity index (χ0) is 23.0. The lowest BCUT2D eigenvalue weighted by Crippen LogP contribution is -2.26. The smallest absolute Gasteiger partial charge is 0.339 e. The Morgan fingerprint density at radius 2 is 1.81 bits per heavy atom. The van der Waals surface area contributed by atoms with Gasteiger partial charge in [-0.25, -0.2) is 0 Å². The van der Waals surface area contributed by atoms with Crippen molar-refractivity contribution in [3.8, 4) is 5.75 Å². The van der Waals surface area contributed by atoms with E-state index in [9.17, 15) is 23.3 Å². The molecule has 1 saturated carbocycles. The van der Waals surface area contributed by atoms with E-state index in [1.54, 1.807) is 0 Å². The largest absolute Gasteiger partial charge is 0.379 e. The van der Waals surface area contributed by atoms with E-state index < -0.39 is 15.0 Å². The predicted octanol–water partition coefficient (Wildman–Crippen LogP) is 3.83. The number of nitrogens with zero attached hydrogens (tertiary/aromatic N) is 1. The van der Waals surface area contributed by atoms with E-state index in [2.05, 4.69) is 5.32 Å². The van der Waals surface area contributed by atoms with Crippen LogP contribution in [0.25, 0.3) is 0 Å². The van der Waals surface area contributed by atoms with Gasteiger partial charge >= 0.3 is 10.1 Å². The third kappa shape index (κ3) is 6.76. The fourth-order valence-electron chi connectivity index (χ4n) is 3.45. The molecule has 3 rings (SSSR count). The summed E-state index contributed by atoms with van der Waals surface area (Å²) in [4.78, 5) is 22.1. The van der Waals surface area contributed by atoms with Gasteiger partial charge in [-0.1, -0.05) is 25.3 Å². The Morgan fingerprint density at radius 3 is 2.50 bits per heavy atom. The SMILES string of the molecule is O=C(NCCCOC1CCCCC1)c1ccc(OS(=O)(=O)c2cccc([N+](=O)[O-])c2)cc1. The molecule has 0 heterocycles. The average Bonchev–Trinajstić information content (AvgIpc) is 2.79. The van der Waals surface area contributed by atoms with Gasteiger partial charge in [0, 0.05) is 30.8 Å². The Labute approximate surface area is 187 Å². The number of carbonyl (C=O) groups is 1. The maximum atomic E-state index is 12.4. The Balaban J connectivity index is 1.48. The van der Waals surface area contributed by atoms with E-state index in [4.69, 9.17) is 8.92 Å². The lowest BCUT2D eigenvalue weighted by atomic mass is 9.98. The number of benzene rings is 2. The minimum absolute atomic E-state index is 0.00561. The van der Waals surface area contributed by atoms with Crippen molar-refractivity contribution in [1.29, 1.82) is 0 Å². The van der Waals surface area contributed by atoms with Crippen molar-refractivity contribution in [2.24, 2.45) is 0 Å². The van der Waals surface area contributed by atoms with Crippen LogP contribution in [0.15, 0.2) is 53.4 Å². The van der Waals surface area contributed by atoms with Gasteiger partial charge in [0.2, 0.25) is 0 Å². The van der Waals surface area contributed by atoms with Crippen LogP contribution in [0.3, 0.4) is 0 Å². The highest BCUT2D eigenvalue weighted by Gasteiger charge is 2.20. The number of carbonyl (C=O) groups excluding carboxylic acids is 1. The van der Waals surface area contributed by atoms with Crippen LogP contribution in [0.1, 0.15) is 48.9 Å². The first kappa shape index (κ1) is 23.7. The molecular weight excluding hydrogens is 436 g/mol. The lowest BCUT2D eigenvalue weighted by Gasteiger charge is -2.21. The Bertz CT molecular complexity index is 1030. The maximum Gasteiger partial charge on any atom is 0.339 e. The molecule has 0 unspecified atom stereocenters. The molecule has 0 aromatic heterocycles. The minimum atomic E-state index is -4.25. The fraction of sp³-hybridized carbons (Fsp3) is 0.409. The van der Waals surface area contributed by atoms with Gasteiger partial charge in [-0.2, -0.15) is 8.42 Å². The second kappa shape index (κ2) is 11.1. The van der Waals surface area contributed by atoms with Crippen LogP contribution in [0.2, 0.25) is 0 Å². The molecule has 0 spiro atoms. The quantitative estimate of drug-likeness (QED) is 0.246. The maximum absolute atomic E-state index is 12.4. The summed E-state index contributed by atoms with van der Waals surface area (Å²) in [5, 5.41) is 13.7. The molecule has 0 saturated heterocycles. The summed E-state index contributed by atoms with van der Waals surface area (Å²) in [5.74, 6) is -0.287. The Kier molecular flexibility index (Phi) is 8.18. The summed E-state index contributed by atoms with van der Waals surface area (Å²) in [6.45, 7) is 1.08. The summed E-state index contributed by atoms with van der Waals surface area (Å²) < 4.78 is 35.6. The summed E-state index contributed by atoms with van der Waals surface area (Å²) in [6, 6.07) is 10.2. The number of ether oxygens (including phenoxy) is 1. The first-order chi connectivity index (χ1) is 15.3. The van der Waals surface area contributed by atoms with Gasteiger partial charge < -0.3 is 14.2 Å². The highest BCUT2D eigenvalue weighted by atomic mass is 32.2. The summed E-state index contributed by atoms with van der Waals surface area (Å²) in [5.41, 5.74) is 0.00382. The van der Waals surface area contributed by atoms with Gasteiger partial charge in [0.05, 0.1) is 11.0 Å². The molecule has 9 nitrogen and oxygen atoms in total. The zero-order valence-electron chi connectivity index (χ0n) is 17.6. The standard InChI is InChI=1S/C22H26N2O7S/c25-22(23-14-5-15-30-19-7-2-1-3-8-19)17-10-12-20(13-11-17)31-32(28,29)21-9-4-6-18(16-21)24(26)27/h4,6,9-13,16,19H,1-3,5,7-8,14-15H2,(H,23,25). The van der Waals surface area contributed by atoms with Crippen molar-refractivity contribution in [3.05, 3.63) is 64.2 Å². The van der Waals surface area contributed by atoms with Crippen molar-refractivity contribution in [2.45, 2.75) is 49.5 Å². The number of hydrogen-bond donors (Lipinski definition) is 1. The number of amides is 1. The van der Waals surface area contributed by atoms with Crippen LogP contribution in [0, 0.1) is 10.1 Å². The summed E-state index contributed by atoms with van der Waals surface area (Å²) >= 11 is 0. The van der Waals surface area contributed by atoms with Crippen molar-refractivity contribution in [3.63, 3.8) is 0 Å². The Hall–Kier alpha value is -2.98. The van der Waals surface area contributed by atoms with Gasteiger partial charge in [0.15, 0.2) is 0 Å². The number of nitrogens with one attached hydrogen (secondary N) is 1. The molecule has 2 aromatic carbocycles. The molecule has 0 atom stereocenters. The van der Waals surface area contributed by atoms with E-state index in [-0.39, 0.29) is 22.2 Å². The number of hydrogen-bond acceptors (Lipinski definition) is 7. The van der Waals surface area contributed by atoms with Gasteiger partial charge in [0.1, 0.15) is 10.6 Å². The lowest BCUT2D eigenvalue weighted by molar-refractivity contribution is -0.385. The van der Waals surface area contributed by atoms with Gasteiger partial charge in [-0.05, 0) is 49.6 Å². The van der Waals surface area contributed by atoms with Crippen LogP contribution in [0.4, 0.5) is 5.69 Å². The average molecular weight is 463 g/mol. The van der Waals surface area contributed by atoms with E-state index in [1.165, 1.54) is 61.7 Å². The first-order valence-corrected chi connectivity index (χ1v) is 11.9. The molecule has 1 aliphatic carbocycles. The van der Waals surface area contributed by atoms with E-state index in [0.29, 0.717) is 31.2 Å². The van der Waals surface area contributed by atoms with E-state index >= 15 is 0 Å². The number of nitro groups is 1. The molecule has 10 heteroatoms. The molecule has 172 valence electrons. The second-order valence-electron chi connectivity index (χ2n) is 7.56. The van der Waals surface area contributed by atoms with Crippen LogP contribution in [-0.2, 0) is 14.9 Å². The Morgan fingerprint density at radius 1 is 1.09 bits per heavy atom. The van der Waals surface area contributed by atoms with E-state index in [1.807, 2.05) is 0 Å². The van der Waals surface area contributed by atoms with Crippen LogP contribution >= 0.6 is 0 Å². The predicted molar refractivity (Wildman–Crippen MR) is 117 cm³/mol. The molecule has 0 radical (unpaired) electrons. The number of nitro benzene ring substituents is 1. The summed E-state index contributed by atoms with van der Waals surface area (Å²) in [6.07, 6.45) is 6.98. The minimum Gasteiger partial charge on any atom is -0.379 e. The van der Waals surface area contributed by atoms with Gasteiger partial charge in [0.25, 0.3) is 11.6 Å². The highest BCUT2D eigenvalue weighted by molar-refractivity contribution is 7.87. The van der Waals surface area contributed by atoms with Crippen molar-refractivity contribution in [1.82, 2.24) is 5.32 Å². The molecule has 1 fully saturated rings. The van der Waals surface area contributed by atoms with Gasteiger partial charge in [-0.15, -0.1) is 0 Å². The van der Waals surface area contributed by atoms with E-state index in [0.717, 1.165) is 18.9 Å². The van der Waals surface area contributed by atoms with Crippen LogP contribution < -0.4 is 9.50 Å². The zero-order valence-corrected chi connectivity index (χ0v) is 18.4. The molecule has 1 amide bonds. The third-order valence-corrected chi connectivity index (χ3v) is 6.40. The highest BCUT2D eigenvalue weighted by Crippen LogP contribution is 2.23. The van der Waals surface area contributed by atoms with Crippen molar-refractivity contribution in [2.75, 3.05) is 13.2 Å². The van der Waals surface area contributed by atoms with Crippen LogP contribution in [-0.4, -0.2) is 38.5 Å². The molecule has 0 bridgehead atoms. The monoisotopic (exact) mass is 462 g/mol. The molecular formula is C22H26N2O7S. The van der Waals surface area contributed by atoms with Crippen molar-refractivity contribution >= 4 is 21.7 Å². The first-order valence-electron chi connectivity index (χ1n) is 10.5. The normalized spacial score (nSPS) is 14.6. The number of non-ortho nitro benzene ring substituents is 1. The number of rotatable bonds is 10. The third-order valence-electron chi connectivity index (χ3n) is 5.15. The second-order valence-corrected chi connectivity index (χ2v) is 9.10. The van der Waals surface area contributed by atoms with Crippen molar-refractivity contribution < 1.29 is 27.1 Å². The van der Waals surface area contributed by atoms with Gasteiger partial charge in [-0.3, -0.25) is 14.9 Å².